The molecule has 0 fully saturated rings. The normalized spacial score (nSPS) is 12.3. The van der Waals surface area contributed by atoms with E-state index < -0.39 is 11.7 Å². The van der Waals surface area contributed by atoms with Crippen molar-refractivity contribution in [1.82, 2.24) is 15.6 Å². The van der Waals surface area contributed by atoms with E-state index in [0.29, 0.717) is 10.7 Å². The minimum atomic E-state index is -0.569. The highest BCUT2D eigenvalue weighted by atomic mass is 32.2. The van der Waals surface area contributed by atoms with Crippen LogP contribution in [-0.4, -0.2) is 40.6 Å². The van der Waals surface area contributed by atoms with Gasteiger partial charge >= 0.3 is 6.09 Å². The fourth-order valence-electron chi connectivity index (χ4n) is 2.50. The number of hydrogen-bond acceptors (Lipinski definition) is 6. The number of rotatable bonds is 8. The van der Waals surface area contributed by atoms with Gasteiger partial charge in [0, 0.05) is 6.04 Å². The van der Waals surface area contributed by atoms with Crippen molar-refractivity contribution in [3.63, 3.8) is 0 Å². The maximum absolute atomic E-state index is 12.9. The number of nitrogens with zero attached hydrogens (tertiary/aromatic N) is 1. The molecule has 0 aliphatic rings. The Kier molecular flexibility index (Phi) is 8.52. The number of carbonyl (C=O) groups is 2. The largest absolute Gasteiger partial charge is 0.444 e. The van der Waals surface area contributed by atoms with Gasteiger partial charge in [-0.1, -0.05) is 30.3 Å². The van der Waals surface area contributed by atoms with Crippen LogP contribution in [0.25, 0.3) is 10.4 Å². The molecule has 6 nitrogen and oxygen atoms in total. The highest BCUT2D eigenvalue weighted by molar-refractivity contribution is 7.98. The van der Waals surface area contributed by atoms with Crippen molar-refractivity contribution in [1.29, 1.82) is 0 Å². The molecular weight excluding hydrogens is 406 g/mol. The van der Waals surface area contributed by atoms with E-state index >= 15 is 0 Å². The number of thioether (sulfide) groups is 1. The highest BCUT2D eigenvalue weighted by Gasteiger charge is 2.22. The van der Waals surface area contributed by atoms with Crippen LogP contribution in [0.2, 0.25) is 0 Å². The monoisotopic (exact) mass is 435 g/mol. The van der Waals surface area contributed by atoms with Crippen molar-refractivity contribution in [2.45, 2.75) is 52.3 Å². The van der Waals surface area contributed by atoms with E-state index in [1.165, 1.54) is 11.3 Å². The maximum Gasteiger partial charge on any atom is 0.408 e. The van der Waals surface area contributed by atoms with Crippen LogP contribution >= 0.6 is 23.1 Å². The maximum atomic E-state index is 12.9. The zero-order valence-corrected chi connectivity index (χ0v) is 19.2. The lowest BCUT2D eigenvalue weighted by Gasteiger charge is -2.19. The Balaban J connectivity index is 2.18. The minimum absolute atomic E-state index is 0.0589. The molecule has 0 saturated carbocycles. The second-order valence-electron chi connectivity index (χ2n) is 7.66. The molecule has 0 spiro atoms. The summed E-state index contributed by atoms with van der Waals surface area (Å²) in [5.41, 5.74) is 0.744. The molecule has 1 atom stereocenters. The number of thiazole rings is 1. The molecular formula is C21H29N3O3S2. The van der Waals surface area contributed by atoms with Crippen LogP contribution in [0.1, 0.15) is 49.6 Å². The van der Waals surface area contributed by atoms with Gasteiger partial charge in [-0.15, -0.1) is 11.3 Å². The topological polar surface area (TPSA) is 80.3 Å². The Morgan fingerprint density at radius 1 is 1.24 bits per heavy atom. The van der Waals surface area contributed by atoms with E-state index in [4.69, 9.17) is 4.74 Å². The van der Waals surface area contributed by atoms with E-state index in [1.807, 2.05) is 64.3 Å². The summed E-state index contributed by atoms with van der Waals surface area (Å²) < 4.78 is 5.26. The first-order valence-corrected chi connectivity index (χ1v) is 11.7. The predicted octanol–water partition coefficient (Wildman–Crippen LogP) is 4.71. The summed E-state index contributed by atoms with van der Waals surface area (Å²) in [6, 6.07) is 9.75. The molecule has 0 radical (unpaired) electrons. The van der Waals surface area contributed by atoms with Gasteiger partial charge in [0.2, 0.25) is 0 Å². The smallest absolute Gasteiger partial charge is 0.408 e. The average Bonchev–Trinajstić information content (AvgIpc) is 3.08. The van der Waals surface area contributed by atoms with Gasteiger partial charge in [0.15, 0.2) is 0 Å². The Morgan fingerprint density at radius 2 is 1.93 bits per heavy atom. The first kappa shape index (κ1) is 23.2. The number of carbonyl (C=O) groups excluding carboxylic acids is 2. The lowest BCUT2D eigenvalue weighted by atomic mass is 10.1. The van der Waals surface area contributed by atoms with E-state index in [9.17, 15) is 9.59 Å². The molecule has 158 valence electrons. The Bertz CT molecular complexity index is 816. The van der Waals surface area contributed by atoms with E-state index in [0.717, 1.165) is 22.6 Å². The summed E-state index contributed by atoms with van der Waals surface area (Å²) in [6.07, 6.45) is 2.43. The van der Waals surface area contributed by atoms with Crippen LogP contribution in [0.15, 0.2) is 30.3 Å². The number of nitrogens with one attached hydrogen (secondary N) is 2. The lowest BCUT2D eigenvalue weighted by Crippen LogP contribution is -2.33. The van der Waals surface area contributed by atoms with Crippen LogP contribution < -0.4 is 10.6 Å². The van der Waals surface area contributed by atoms with E-state index in [-0.39, 0.29) is 18.5 Å². The molecule has 2 rings (SSSR count). The summed E-state index contributed by atoms with van der Waals surface area (Å²) in [6.45, 7) is 7.63. The average molecular weight is 436 g/mol. The van der Waals surface area contributed by atoms with Gasteiger partial charge in [-0.3, -0.25) is 4.79 Å². The number of hydrogen-bond donors (Lipinski definition) is 2. The lowest BCUT2D eigenvalue weighted by molar-refractivity contribution is 0.0523. The first-order valence-electron chi connectivity index (χ1n) is 9.51. The van der Waals surface area contributed by atoms with Crippen LogP contribution in [0, 0.1) is 0 Å². The molecule has 8 heteroatoms. The molecule has 2 amide bonds. The standard InChI is InChI=1S/C21H29N3O3S2/c1-14(11-12-28-5)23-19(25)17-18(15-9-7-6-8-10-15)29-16(24-17)13-22-20(26)27-21(2,3)4/h6-10,14H,11-13H2,1-5H3,(H,22,26)(H,23,25)/t14-/m1/s1. The zero-order valence-electron chi connectivity index (χ0n) is 17.6. The quantitative estimate of drug-likeness (QED) is 0.628. The molecule has 0 unspecified atom stereocenters. The molecule has 0 bridgehead atoms. The van der Waals surface area contributed by atoms with Crippen molar-refractivity contribution < 1.29 is 14.3 Å². The molecule has 0 saturated heterocycles. The summed E-state index contributed by atoms with van der Waals surface area (Å²) in [5.74, 6) is 0.784. The Labute approximate surface area is 180 Å². The second-order valence-corrected chi connectivity index (χ2v) is 9.73. The van der Waals surface area contributed by atoms with Crippen molar-refractivity contribution >= 4 is 35.1 Å². The number of ether oxygens (including phenoxy) is 1. The third kappa shape index (κ3) is 7.70. The van der Waals surface area contributed by atoms with Gasteiger partial charge in [0.25, 0.3) is 5.91 Å². The van der Waals surface area contributed by atoms with Crippen molar-refractivity contribution in [3.05, 3.63) is 41.0 Å². The van der Waals surface area contributed by atoms with Crippen molar-refractivity contribution in [3.8, 4) is 10.4 Å². The van der Waals surface area contributed by atoms with Gasteiger partial charge < -0.3 is 15.4 Å². The van der Waals surface area contributed by atoms with Crippen molar-refractivity contribution in [2.75, 3.05) is 12.0 Å². The predicted molar refractivity (Wildman–Crippen MR) is 121 cm³/mol. The zero-order chi connectivity index (χ0) is 21.4. The van der Waals surface area contributed by atoms with Crippen molar-refractivity contribution in [2.24, 2.45) is 0 Å². The Morgan fingerprint density at radius 3 is 2.55 bits per heavy atom. The SMILES string of the molecule is CSCC[C@@H](C)NC(=O)c1nc(CNC(=O)OC(C)(C)C)sc1-c1ccccc1. The molecule has 1 aromatic heterocycles. The number of benzene rings is 1. The summed E-state index contributed by atoms with van der Waals surface area (Å²) in [7, 11) is 0. The summed E-state index contributed by atoms with van der Waals surface area (Å²) in [4.78, 5) is 30.1. The van der Waals surface area contributed by atoms with Crippen LogP contribution in [0.3, 0.4) is 0 Å². The molecule has 0 aliphatic heterocycles. The summed E-state index contributed by atoms with van der Waals surface area (Å²) >= 11 is 3.15. The van der Waals surface area contributed by atoms with E-state index in [2.05, 4.69) is 15.6 Å². The number of amides is 2. The molecule has 2 N–H and O–H groups in total. The van der Waals surface area contributed by atoms with Gasteiger partial charge in [-0.05, 0) is 51.7 Å². The van der Waals surface area contributed by atoms with Crippen LogP contribution in [0.5, 0.6) is 0 Å². The third-order valence-electron chi connectivity index (χ3n) is 3.84. The molecule has 1 heterocycles. The van der Waals surface area contributed by atoms with Gasteiger partial charge in [-0.25, -0.2) is 9.78 Å². The fourth-order valence-corrected chi connectivity index (χ4v) is 4.10. The molecule has 1 aromatic carbocycles. The van der Waals surface area contributed by atoms with Gasteiger partial charge in [-0.2, -0.15) is 11.8 Å². The van der Waals surface area contributed by atoms with Gasteiger partial charge in [0.05, 0.1) is 11.4 Å². The first-order chi connectivity index (χ1) is 13.7. The molecule has 29 heavy (non-hydrogen) atoms. The number of aromatic nitrogens is 1. The van der Waals surface area contributed by atoms with Crippen LogP contribution in [-0.2, 0) is 11.3 Å². The van der Waals surface area contributed by atoms with Gasteiger partial charge in [0.1, 0.15) is 16.3 Å². The minimum Gasteiger partial charge on any atom is -0.444 e. The van der Waals surface area contributed by atoms with E-state index in [1.54, 1.807) is 11.8 Å². The number of alkyl carbamates (subject to hydrolysis) is 1. The fraction of sp³-hybridized carbons (Fsp3) is 0.476. The molecule has 2 aromatic rings. The highest BCUT2D eigenvalue weighted by Crippen LogP contribution is 2.30. The Hall–Kier alpha value is -2.06. The summed E-state index contributed by atoms with van der Waals surface area (Å²) in [5, 5.41) is 6.39. The third-order valence-corrected chi connectivity index (χ3v) is 5.59. The molecule has 0 aliphatic carbocycles. The van der Waals surface area contributed by atoms with Crippen LogP contribution in [0.4, 0.5) is 4.79 Å². The second kappa shape index (κ2) is 10.6.